The summed E-state index contributed by atoms with van der Waals surface area (Å²) in [6.07, 6.45) is 9.48. The van der Waals surface area contributed by atoms with Gasteiger partial charge in [0, 0.05) is 0 Å². The summed E-state index contributed by atoms with van der Waals surface area (Å²) in [7, 11) is 0. The van der Waals surface area contributed by atoms with Gasteiger partial charge < -0.3 is 9.84 Å². The van der Waals surface area contributed by atoms with Crippen molar-refractivity contribution < 1.29 is 19.4 Å². The lowest BCUT2D eigenvalue weighted by Gasteiger charge is -2.30. The van der Waals surface area contributed by atoms with Crippen LogP contribution in [0.1, 0.15) is 99.3 Å². The molecule has 0 saturated heterocycles. The third-order valence-corrected chi connectivity index (χ3v) is 6.81. The van der Waals surface area contributed by atoms with E-state index in [0.717, 1.165) is 44.3 Å². The molecule has 0 aromatic carbocycles. The van der Waals surface area contributed by atoms with Gasteiger partial charge >= 0.3 is 11.9 Å². The summed E-state index contributed by atoms with van der Waals surface area (Å²) in [4.78, 5) is 22.9. The Hall–Kier alpha value is -0.710. The molecule has 2 rings (SSSR count). The predicted octanol–water partition coefficient (Wildman–Crippen LogP) is 6.38. The van der Waals surface area contributed by atoms with Crippen LogP contribution in [-0.2, 0) is 14.3 Å². The minimum Gasteiger partial charge on any atom is -0.481 e. The third kappa shape index (κ3) is 8.90. The Labute approximate surface area is 184 Å². The van der Waals surface area contributed by atoms with Crippen LogP contribution in [-0.4, -0.2) is 28.4 Å². The van der Waals surface area contributed by atoms with E-state index in [4.69, 9.17) is 9.84 Å². The van der Waals surface area contributed by atoms with Crippen molar-refractivity contribution in [3.05, 3.63) is 0 Å². The molecule has 2 aliphatic rings. The Morgan fingerprint density at radius 1 is 1.21 bits per heavy atom. The Bertz CT molecular complexity index is 519. The highest BCUT2D eigenvalue weighted by Crippen LogP contribution is 2.42. The lowest BCUT2D eigenvalue weighted by atomic mass is 9.86. The van der Waals surface area contributed by atoms with Crippen molar-refractivity contribution >= 4 is 24.6 Å². The Morgan fingerprint density at radius 3 is 2.21 bits per heavy atom. The van der Waals surface area contributed by atoms with Crippen LogP contribution in [0, 0.1) is 29.1 Å². The van der Waals surface area contributed by atoms with Crippen molar-refractivity contribution in [2.24, 2.45) is 29.1 Å². The first kappa shape index (κ1) is 26.3. The maximum Gasteiger partial charge on any atom is 0.309 e. The number of esters is 1. The summed E-state index contributed by atoms with van der Waals surface area (Å²) in [6, 6.07) is 0. The van der Waals surface area contributed by atoms with Crippen LogP contribution in [0.2, 0.25) is 0 Å². The fourth-order valence-electron chi connectivity index (χ4n) is 5.02. The first-order chi connectivity index (χ1) is 13.4. The van der Waals surface area contributed by atoms with Gasteiger partial charge in [0.1, 0.15) is 5.60 Å². The van der Waals surface area contributed by atoms with Crippen LogP contribution < -0.4 is 0 Å². The van der Waals surface area contributed by atoms with Gasteiger partial charge in [-0.15, -0.1) is 0 Å². The average molecular weight is 429 g/mol. The zero-order valence-electron chi connectivity index (χ0n) is 19.5. The van der Waals surface area contributed by atoms with Gasteiger partial charge in [0.2, 0.25) is 0 Å². The highest BCUT2D eigenvalue weighted by atomic mass is 32.1. The minimum absolute atomic E-state index is 0.0832. The molecule has 170 valence electrons. The van der Waals surface area contributed by atoms with Crippen LogP contribution in [0.15, 0.2) is 0 Å². The Morgan fingerprint density at radius 2 is 1.79 bits per heavy atom. The van der Waals surface area contributed by atoms with Crippen LogP contribution in [0.4, 0.5) is 0 Å². The molecule has 2 saturated carbocycles. The molecule has 0 spiro atoms. The molecule has 0 aromatic rings. The van der Waals surface area contributed by atoms with E-state index in [1.54, 1.807) is 6.92 Å². The average Bonchev–Trinajstić information content (AvgIpc) is 3.21. The summed E-state index contributed by atoms with van der Waals surface area (Å²) < 4.78 is 5.99. The Kier molecular flexibility index (Phi) is 10.5. The molecule has 0 bridgehead atoms. The van der Waals surface area contributed by atoms with Crippen molar-refractivity contribution in [1.29, 1.82) is 0 Å². The molecule has 0 heterocycles. The van der Waals surface area contributed by atoms with Crippen LogP contribution in [0.25, 0.3) is 0 Å². The van der Waals surface area contributed by atoms with Gasteiger partial charge in [-0.05, 0) is 80.8 Å². The molecule has 5 heteroatoms. The minimum atomic E-state index is -0.699. The fraction of sp³-hybridized carbons (Fsp3) is 0.917. The molecule has 2 fully saturated rings. The number of aliphatic carboxylic acids is 1. The molecule has 0 aromatic heterocycles. The monoisotopic (exact) mass is 428 g/mol. The lowest BCUT2D eigenvalue weighted by Crippen LogP contribution is -2.35. The van der Waals surface area contributed by atoms with Gasteiger partial charge in [-0.2, -0.15) is 12.6 Å². The molecule has 0 radical (unpaired) electrons. The molecule has 2 aliphatic carbocycles. The summed E-state index contributed by atoms with van der Waals surface area (Å²) >= 11 is 4.33. The largest absolute Gasteiger partial charge is 0.481 e. The van der Waals surface area contributed by atoms with Crippen molar-refractivity contribution in [3.63, 3.8) is 0 Å². The molecular weight excluding hydrogens is 384 g/mol. The SMILES string of the molecule is CC(CC(C)(C)C)C(=O)O.CCC1(OC(=O)C2CC(C)CC2CCS)CCCC1. The highest BCUT2D eigenvalue weighted by Gasteiger charge is 2.42. The molecule has 4 nitrogen and oxygen atoms in total. The van der Waals surface area contributed by atoms with Gasteiger partial charge in [0.15, 0.2) is 0 Å². The van der Waals surface area contributed by atoms with E-state index in [1.807, 2.05) is 20.8 Å². The molecule has 29 heavy (non-hydrogen) atoms. The van der Waals surface area contributed by atoms with Crippen molar-refractivity contribution in [1.82, 2.24) is 0 Å². The van der Waals surface area contributed by atoms with Crippen molar-refractivity contribution in [3.8, 4) is 0 Å². The number of ether oxygens (including phenoxy) is 1. The zero-order valence-corrected chi connectivity index (χ0v) is 20.4. The molecule has 1 N–H and O–H groups in total. The number of thiol groups is 1. The smallest absolute Gasteiger partial charge is 0.309 e. The number of carboxylic acids is 1. The van der Waals surface area contributed by atoms with Crippen LogP contribution in [0.5, 0.6) is 0 Å². The maximum absolute atomic E-state index is 12.5. The summed E-state index contributed by atoms with van der Waals surface area (Å²) in [6.45, 7) is 12.3. The quantitative estimate of drug-likeness (QED) is 0.365. The summed E-state index contributed by atoms with van der Waals surface area (Å²) in [5, 5.41) is 8.55. The zero-order chi connectivity index (χ0) is 22.2. The van der Waals surface area contributed by atoms with Gasteiger partial charge in [0.05, 0.1) is 11.8 Å². The number of carbonyl (C=O) groups excluding carboxylic acids is 1. The van der Waals surface area contributed by atoms with Gasteiger partial charge in [-0.3, -0.25) is 9.59 Å². The van der Waals surface area contributed by atoms with Crippen LogP contribution in [0.3, 0.4) is 0 Å². The predicted molar refractivity (Wildman–Crippen MR) is 122 cm³/mol. The van der Waals surface area contributed by atoms with Crippen molar-refractivity contribution in [2.45, 2.75) is 105 Å². The standard InChI is InChI=1S/C16H28O2S.C8H16O2/c1-3-16(7-4-5-8-16)18-15(17)14-11-12(2)10-13(14)6-9-19;1-6(7(9)10)5-8(2,3)4/h12-14,19H,3-11H2,1-2H3;6H,5H2,1-4H3,(H,9,10). The van der Waals surface area contributed by atoms with E-state index in [1.165, 1.54) is 19.3 Å². The van der Waals surface area contributed by atoms with E-state index in [2.05, 4.69) is 26.5 Å². The van der Waals surface area contributed by atoms with E-state index < -0.39 is 5.97 Å². The Balaban J connectivity index is 0.000000359. The molecule has 4 unspecified atom stereocenters. The number of hydrogen-bond donors (Lipinski definition) is 2. The fourth-order valence-corrected chi connectivity index (χ4v) is 5.35. The van der Waals surface area contributed by atoms with E-state index in [-0.39, 0.29) is 28.8 Å². The van der Waals surface area contributed by atoms with Crippen LogP contribution >= 0.6 is 12.6 Å². The summed E-state index contributed by atoms with van der Waals surface area (Å²) in [5.41, 5.74) is -0.00771. The second kappa shape index (κ2) is 11.6. The second-order valence-corrected chi connectivity index (χ2v) is 11.1. The van der Waals surface area contributed by atoms with Gasteiger partial charge in [-0.25, -0.2) is 0 Å². The molecule has 0 amide bonds. The molecular formula is C24H44O4S. The number of hydrogen-bond acceptors (Lipinski definition) is 4. The summed E-state index contributed by atoms with van der Waals surface area (Å²) in [5.74, 6) is 1.32. The number of carbonyl (C=O) groups is 2. The molecule has 4 atom stereocenters. The number of rotatable bonds is 7. The first-order valence-corrected chi connectivity index (χ1v) is 12.1. The van der Waals surface area contributed by atoms with E-state index in [0.29, 0.717) is 11.8 Å². The number of carboxylic acid groups (broad SMARTS) is 1. The topological polar surface area (TPSA) is 63.6 Å². The highest BCUT2D eigenvalue weighted by molar-refractivity contribution is 7.80. The van der Waals surface area contributed by atoms with E-state index in [9.17, 15) is 9.59 Å². The van der Waals surface area contributed by atoms with E-state index >= 15 is 0 Å². The van der Waals surface area contributed by atoms with Gasteiger partial charge in [0.25, 0.3) is 0 Å². The second-order valence-electron chi connectivity index (χ2n) is 10.6. The first-order valence-electron chi connectivity index (χ1n) is 11.5. The third-order valence-electron chi connectivity index (χ3n) is 6.55. The van der Waals surface area contributed by atoms with Gasteiger partial charge in [-0.1, -0.05) is 41.5 Å². The lowest BCUT2D eigenvalue weighted by molar-refractivity contribution is -0.166. The van der Waals surface area contributed by atoms with Crippen molar-refractivity contribution in [2.75, 3.05) is 5.75 Å². The molecule has 0 aliphatic heterocycles. The normalized spacial score (nSPS) is 27.1. The maximum atomic E-state index is 12.5.